The van der Waals surface area contributed by atoms with E-state index >= 15 is 0 Å². The van der Waals surface area contributed by atoms with Gasteiger partial charge in [-0.15, -0.1) is 11.3 Å². The third kappa shape index (κ3) is 2.87. The van der Waals surface area contributed by atoms with E-state index in [1.54, 1.807) is 17.8 Å². The number of nitrogens with one attached hydrogen (secondary N) is 1. The number of amides is 1. The zero-order valence-corrected chi connectivity index (χ0v) is 13.2. The molecule has 0 aromatic carbocycles. The summed E-state index contributed by atoms with van der Waals surface area (Å²) >= 11 is 1.43. The van der Waals surface area contributed by atoms with Gasteiger partial charge in [-0.05, 0) is 18.6 Å². The minimum atomic E-state index is -0.128. The average molecular weight is 325 g/mol. The lowest BCUT2D eigenvalue weighted by Crippen LogP contribution is -2.41. The summed E-state index contributed by atoms with van der Waals surface area (Å²) in [6, 6.07) is 5.78. The second kappa shape index (κ2) is 5.92. The van der Waals surface area contributed by atoms with Gasteiger partial charge in [-0.1, -0.05) is 6.07 Å². The van der Waals surface area contributed by atoms with Crippen molar-refractivity contribution in [1.82, 2.24) is 24.8 Å². The van der Waals surface area contributed by atoms with Crippen molar-refractivity contribution in [3.8, 4) is 10.7 Å². The van der Waals surface area contributed by atoms with E-state index in [0.717, 1.165) is 35.9 Å². The molecule has 1 amide bonds. The van der Waals surface area contributed by atoms with Crippen LogP contribution in [0, 0.1) is 0 Å². The molecule has 3 aromatic rings. The molecule has 4 heterocycles. The summed E-state index contributed by atoms with van der Waals surface area (Å²) in [5, 5.41) is 5.61. The van der Waals surface area contributed by atoms with Gasteiger partial charge in [0.25, 0.3) is 5.91 Å². The second-order valence-corrected chi connectivity index (χ2v) is 6.32. The van der Waals surface area contributed by atoms with Crippen molar-refractivity contribution in [2.75, 3.05) is 0 Å². The highest BCUT2D eigenvalue weighted by atomic mass is 32.1. The van der Waals surface area contributed by atoms with Crippen molar-refractivity contribution >= 4 is 17.2 Å². The Morgan fingerprint density at radius 1 is 1.30 bits per heavy atom. The van der Waals surface area contributed by atoms with Gasteiger partial charge < -0.3 is 9.88 Å². The molecule has 0 radical (unpaired) electrons. The van der Waals surface area contributed by atoms with E-state index in [0.29, 0.717) is 5.69 Å². The first-order valence-electron chi connectivity index (χ1n) is 7.47. The zero-order valence-electron chi connectivity index (χ0n) is 12.3. The van der Waals surface area contributed by atoms with Gasteiger partial charge in [-0.2, -0.15) is 0 Å². The molecule has 3 aromatic heterocycles. The summed E-state index contributed by atoms with van der Waals surface area (Å²) in [5.41, 5.74) is 1.24. The molecular weight excluding hydrogens is 310 g/mol. The van der Waals surface area contributed by atoms with Gasteiger partial charge in [-0.25, -0.2) is 9.97 Å². The highest BCUT2D eigenvalue weighted by molar-refractivity contribution is 7.13. The minimum absolute atomic E-state index is 0.115. The molecule has 0 bridgehead atoms. The molecule has 0 aliphatic carbocycles. The summed E-state index contributed by atoms with van der Waals surface area (Å²) in [5.74, 6) is 0.957. The van der Waals surface area contributed by atoms with Crippen molar-refractivity contribution in [2.24, 2.45) is 0 Å². The maximum atomic E-state index is 12.4. The molecule has 6 nitrogen and oxygen atoms in total. The molecule has 0 unspecified atom stereocenters. The lowest BCUT2D eigenvalue weighted by atomic mass is 10.1. The molecule has 4 rings (SSSR count). The van der Waals surface area contributed by atoms with Gasteiger partial charge >= 0.3 is 0 Å². The zero-order chi connectivity index (χ0) is 15.6. The van der Waals surface area contributed by atoms with Crippen LogP contribution in [-0.2, 0) is 13.0 Å². The van der Waals surface area contributed by atoms with E-state index in [-0.39, 0.29) is 11.9 Å². The standard InChI is InChI=1S/C16H15N5OS/c22-15(19-11-4-5-14-18-7-8-21(14)9-11)13-10-23-16(20-13)12-3-1-2-6-17-12/h1-3,6-8,10-11H,4-5,9H2,(H,19,22)/t11-/m1/s1. The van der Waals surface area contributed by atoms with Crippen molar-refractivity contribution < 1.29 is 4.79 Å². The van der Waals surface area contributed by atoms with Crippen molar-refractivity contribution in [3.63, 3.8) is 0 Å². The Bertz CT molecular complexity index is 826. The molecule has 0 saturated heterocycles. The van der Waals surface area contributed by atoms with Gasteiger partial charge in [0.05, 0.1) is 5.69 Å². The lowest BCUT2D eigenvalue weighted by molar-refractivity contribution is 0.0923. The van der Waals surface area contributed by atoms with Gasteiger partial charge in [0.2, 0.25) is 0 Å². The molecule has 0 fully saturated rings. The number of carbonyl (C=O) groups excluding carboxylic acids is 1. The third-order valence-corrected chi connectivity index (χ3v) is 4.76. The normalized spacial score (nSPS) is 16.8. The number of hydrogen-bond donors (Lipinski definition) is 1. The first-order chi connectivity index (χ1) is 11.3. The number of carbonyl (C=O) groups is 1. The topological polar surface area (TPSA) is 72.7 Å². The SMILES string of the molecule is O=C(N[C@@H]1CCc2nccn2C1)c1csc(-c2ccccn2)n1. The molecule has 116 valence electrons. The first kappa shape index (κ1) is 14.1. The number of aromatic nitrogens is 4. The van der Waals surface area contributed by atoms with Crippen LogP contribution in [0.2, 0.25) is 0 Å². The van der Waals surface area contributed by atoms with Gasteiger partial charge in [0.1, 0.15) is 16.5 Å². The number of fused-ring (bicyclic) bond motifs is 1. The maximum Gasteiger partial charge on any atom is 0.271 e. The summed E-state index contributed by atoms with van der Waals surface area (Å²) in [6.07, 6.45) is 7.27. The molecule has 1 aliphatic heterocycles. The van der Waals surface area contributed by atoms with Crippen LogP contribution in [0.1, 0.15) is 22.7 Å². The summed E-state index contributed by atoms with van der Waals surface area (Å²) in [4.78, 5) is 25.4. The van der Waals surface area contributed by atoms with Crippen LogP contribution in [-0.4, -0.2) is 31.5 Å². The lowest BCUT2D eigenvalue weighted by Gasteiger charge is -2.24. The number of hydrogen-bond acceptors (Lipinski definition) is 5. The molecule has 1 aliphatic rings. The summed E-state index contributed by atoms with van der Waals surface area (Å²) in [6.45, 7) is 0.762. The van der Waals surface area contributed by atoms with Crippen LogP contribution in [0.5, 0.6) is 0 Å². The van der Waals surface area contributed by atoms with Crippen molar-refractivity contribution in [2.45, 2.75) is 25.4 Å². The van der Waals surface area contributed by atoms with E-state index in [2.05, 4.69) is 24.8 Å². The Balaban J connectivity index is 1.45. The van der Waals surface area contributed by atoms with Crippen molar-refractivity contribution in [1.29, 1.82) is 0 Å². The number of thiazole rings is 1. The highest BCUT2D eigenvalue weighted by Gasteiger charge is 2.22. The molecular formula is C16H15N5OS. The smallest absolute Gasteiger partial charge is 0.271 e. The number of nitrogens with zero attached hydrogens (tertiary/aromatic N) is 4. The van der Waals surface area contributed by atoms with Crippen molar-refractivity contribution in [3.05, 3.63) is 53.7 Å². The average Bonchev–Trinajstić information content (AvgIpc) is 3.24. The van der Waals surface area contributed by atoms with Crippen LogP contribution in [0.3, 0.4) is 0 Å². The molecule has 1 N–H and O–H groups in total. The summed E-state index contributed by atoms with van der Waals surface area (Å²) < 4.78 is 2.09. The van der Waals surface area contributed by atoms with E-state index in [1.807, 2.05) is 24.4 Å². The highest BCUT2D eigenvalue weighted by Crippen LogP contribution is 2.21. The fourth-order valence-corrected chi connectivity index (χ4v) is 3.50. The van der Waals surface area contributed by atoms with E-state index < -0.39 is 0 Å². The van der Waals surface area contributed by atoms with E-state index in [1.165, 1.54) is 11.3 Å². The van der Waals surface area contributed by atoms with E-state index in [9.17, 15) is 4.79 Å². The van der Waals surface area contributed by atoms with Crippen LogP contribution < -0.4 is 5.32 Å². The Hall–Kier alpha value is -2.54. The first-order valence-corrected chi connectivity index (χ1v) is 8.35. The number of imidazole rings is 1. The largest absolute Gasteiger partial charge is 0.346 e. The quantitative estimate of drug-likeness (QED) is 0.801. The second-order valence-electron chi connectivity index (χ2n) is 5.46. The molecule has 0 spiro atoms. The number of pyridine rings is 1. The Kier molecular flexibility index (Phi) is 3.63. The van der Waals surface area contributed by atoms with Gasteiger partial charge in [-0.3, -0.25) is 9.78 Å². The van der Waals surface area contributed by atoms with Gasteiger partial charge in [0, 0.05) is 43.0 Å². The fraction of sp³-hybridized carbons (Fsp3) is 0.250. The predicted molar refractivity (Wildman–Crippen MR) is 87.1 cm³/mol. The van der Waals surface area contributed by atoms with Crippen LogP contribution in [0.4, 0.5) is 0 Å². The monoisotopic (exact) mass is 325 g/mol. The Labute approximate surface area is 137 Å². The third-order valence-electron chi connectivity index (χ3n) is 3.89. The number of aryl methyl sites for hydroxylation is 1. The molecule has 0 saturated carbocycles. The van der Waals surface area contributed by atoms with Crippen LogP contribution in [0.25, 0.3) is 10.7 Å². The van der Waals surface area contributed by atoms with Crippen LogP contribution >= 0.6 is 11.3 Å². The van der Waals surface area contributed by atoms with Gasteiger partial charge in [0.15, 0.2) is 0 Å². The Morgan fingerprint density at radius 2 is 2.26 bits per heavy atom. The molecule has 7 heteroatoms. The minimum Gasteiger partial charge on any atom is -0.346 e. The maximum absolute atomic E-state index is 12.4. The number of rotatable bonds is 3. The van der Waals surface area contributed by atoms with Crippen LogP contribution in [0.15, 0.2) is 42.2 Å². The molecule has 1 atom stereocenters. The fourth-order valence-electron chi connectivity index (χ4n) is 2.73. The molecule has 23 heavy (non-hydrogen) atoms. The Morgan fingerprint density at radius 3 is 3.13 bits per heavy atom. The summed E-state index contributed by atoms with van der Waals surface area (Å²) in [7, 11) is 0. The van der Waals surface area contributed by atoms with E-state index in [4.69, 9.17) is 0 Å². The predicted octanol–water partition coefficient (Wildman–Crippen LogP) is 2.15.